The Morgan fingerprint density at radius 2 is 2.10 bits per heavy atom. The van der Waals surface area contributed by atoms with Crippen LogP contribution in [0, 0.1) is 5.41 Å². The molecule has 1 aromatic rings. The number of carbonyl (C=O) groups excluding carboxylic acids is 1. The molecule has 0 fully saturated rings. The van der Waals surface area contributed by atoms with Crippen molar-refractivity contribution in [2.75, 3.05) is 27.2 Å². The standard InChI is InChI=1S/C16H26N2O2/c1-12(13-7-6-8-14(9-13)20-5)15(19)18(4)11-16(2,3)10-17/h6-9,12H,10-11,17H2,1-5H3. The number of methoxy groups -OCH3 is 1. The van der Waals surface area contributed by atoms with Gasteiger partial charge in [0.1, 0.15) is 5.75 Å². The summed E-state index contributed by atoms with van der Waals surface area (Å²) in [6.07, 6.45) is 0. The van der Waals surface area contributed by atoms with Crippen molar-refractivity contribution in [3.8, 4) is 5.75 Å². The van der Waals surface area contributed by atoms with Crippen LogP contribution in [-0.2, 0) is 4.79 Å². The number of nitrogens with zero attached hydrogens (tertiary/aromatic N) is 1. The van der Waals surface area contributed by atoms with Gasteiger partial charge in [-0.2, -0.15) is 0 Å². The Balaban J connectivity index is 2.80. The number of carbonyl (C=O) groups is 1. The second-order valence-corrected chi connectivity index (χ2v) is 6.06. The van der Waals surface area contributed by atoms with Crippen molar-refractivity contribution in [1.29, 1.82) is 0 Å². The highest BCUT2D eigenvalue weighted by molar-refractivity contribution is 5.83. The second kappa shape index (κ2) is 6.75. The Labute approximate surface area is 121 Å². The third-order valence-electron chi connectivity index (χ3n) is 3.56. The van der Waals surface area contributed by atoms with E-state index in [1.807, 2.05) is 38.2 Å². The second-order valence-electron chi connectivity index (χ2n) is 6.06. The van der Waals surface area contributed by atoms with Gasteiger partial charge in [-0.25, -0.2) is 0 Å². The van der Waals surface area contributed by atoms with E-state index in [4.69, 9.17) is 10.5 Å². The monoisotopic (exact) mass is 278 g/mol. The lowest BCUT2D eigenvalue weighted by Crippen LogP contribution is -2.41. The van der Waals surface area contributed by atoms with Gasteiger partial charge in [0.05, 0.1) is 13.0 Å². The van der Waals surface area contributed by atoms with Gasteiger partial charge in [0.15, 0.2) is 0 Å². The van der Waals surface area contributed by atoms with Crippen LogP contribution >= 0.6 is 0 Å². The lowest BCUT2D eigenvalue weighted by atomic mass is 9.92. The van der Waals surface area contributed by atoms with Crippen molar-refractivity contribution in [3.63, 3.8) is 0 Å². The largest absolute Gasteiger partial charge is 0.497 e. The number of hydrogen-bond donors (Lipinski definition) is 1. The van der Waals surface area contributed by atoms with Crippen LogP contribution in [-0.4, -0.2) is 38.1 Å². The molecule has 0 radical (unpaired) electrons. The van der Waals surface area contributed by atoms with Gasteiger partial charge in [-0.3, -0.25) is 4.79 Å². The molecule has 2 N–H and O–H groups in total. The molecule has 1 rings (SSSR count). The summed E-state index contributed by atoms with van der Waals surface area (Å²) < 4.78 is 5.20. The van der Waals surface area contributed by atoms with E-state index in [2.05, 4.69) is 13.8 Å². The SMILES string of the molecule is COc1cccc(C(C)C(=O)N(C)CC(C)(C)CN)c1. The smallest absolute Gasteiger partial charge is 0.229 e. The number of ether oxygens (including phenoxy) is 1. The Bertz CT molecular complexity index is 458. The average molecular weight is 278 g/mol. The molecule has 0 aliphatic carbocycles. The molecule has 0 spiro atoms. The fourth-order valence-electron chi connectivity index (χ4n) is 2.17. The zero-order chi connectivity index (χ0) is 15.3. The first-order valence-electron chi connectivity index (χ1n) is 6.89. The van der Waals surface area contributed by atoms with Gasteiger partial charge in [0, 0.05) is 13.6 Å². The van der Waals surface area contributed by atoms with Crippen LogP contribution < -0.4 is 10.5 Å². The third-order valence-corrected chi connectivity index (χ3v) is 3.56. The van der Waals surface area contributed by atoms with E-state index in [9.17, 15) is 4.79 Å². The number of hydrogen-bond acceptors (Lipinski definition) is 3. The van der Waals surface area contributed by atoms with Crippen LogP contribution in [0.1, 0.15) is 32.3 Å². The van der Waals surface area contributed by atoms with Crippen LogP contribution in [0.4, 0.5) is 0 Å². The van der Waals surface area contributed by atoms with E-state index in [0.29, 0.717) is 13.1 Å². The molecule has 1 atom stereocenters. The van der Waals surface area contributed by atoms with Crippen molar-refractivity contribution < 1.29 is 9.53 Å². The van der Waals surface area contributed by atoms with Gasteiger partial charge < -0.3 is 15.4 Å². The lowest BCUT2D eigenvalue weighted by Gasteiger charge is -2.30. The molecule has 1 amide bonds. The van der Waals surface area contributed by atoms with Gasteiger partial charge in [-0.1, -0.05) is 26.0 Å². The fraction of sp³-hybridized carbons (Fsp3) is 0.562. The van der Waals surface area contributed by atoms with Gasteiger partial charge in [-0.05, 0) is 36.6 Å². The predicted molar refractivity (Wildman–Crippen MR) is 81.9 cm³/mol. The molecule has 20 heavy (non-hydrogen) atoms. The Morgan fingerprint density at radius 3 is 2.65 bits per heavy atom. The average Bonchev–Trinajstić information content (AvgIpc) is 2.45. The summed E-state index contributed by atoms with van der Waals surface area (Å²) in [4.78, 5) is 14.2. The van der Waals surface area contributed by atoms with Crippen LogP contribution in [0.5, 0.6) is 5.75 Å². The highest BCUT2D eigenvalue weighted by Gasteiger charge is 2.25. The molecule has 1 unspecified atom stereocenters. The van der Waals surface area contributed by atoms with Crippen molar-refractivity contribution in [2.45, 2.75) is 26.7 Å². The van der Waals surface area contributed by atoms with E-state index < -0.39 is 0 Å². The molecule has 0 bridgehead atoms. The van der Waals surface area contributed by atoms with E-state index in [0.717, 1.165) is 11.3 Å². The summed E-state index contributed by atoms with van der Waals surface area (Å²) >= 11 is 0. The summed E-state index contributed by atoms with van der Waals surface area (Å²) in [6, 6.07) is 7.64. The molecule has 0 heterocycles. The summed E-state index contributed by atoms with van der Waals surface area (Å²) in [6.45, 7) is 7.25. The number of benzene rings is 1. The first-order valence-corrected chi connectivity index (χ1v) is 6.89. The highest BCUT2D eigenvalue weighted by atomic mass is 16.5. The number of rotatable bonds is 6. The highest BCUT2D eigenvalue weighted by Crippen LogP contribution is 2.23. The zero-order valence-electron chi connectivity index (χ0n) is 13.1. The molecule has 0 saturated carbocycles. The Morgan fingerprint density at radius 1 is 1.45 bits per heavy atom. The molecular weight excluding hydrogens is 252 g/mol. The molecule has 4 nitrogen and oxygen atoms in total. The van der Waals surface area contributed by atoms with Gasteiger partial charge >= 0.3 is 0 Å². The lowest BCUT2D eigenvalue weighted by molar-refractivity contribution is -0.132. The summed E-state index contributed by atoms with van der Waals surface area (Å²) in [5, 5.41) is 0. The quantitative estimate of drug-likeness (QED) is 0.868. The summed E-state index contributed by atoms with van der Waals surface area (Å²) in [5.41, 5.74) is 6.62. The third kappa shape index (κ3) is 4.23. The molecular formula is C16H26N2O2. The maximum atomic E-state index is 12.5. The van der Waals surface area contributed by atoms with Gasteiger partial charge in [0.25, 0.3) is 0 Å². The number of nitrogens with two attached hydrogens (primary N) is 1. The molecule has 0 saturated heterocycles. The molecule has 0 aliphatic heterocycles. The first kappa shape index (κ1) is 16.5. The maximum absolute atomic E-state index is 12.5. The van der Waals surface area contributed by atoms with E-state index >= 15 is 0 Å². The van der Waals surface area contributed by atoms with Gasteiger partial charge in [-0.15, -0.1) is 0 Å². The van der Waals surface area contributed by atoms with Crippen LogP contribution in [0.2, 0.25) is 0 Å². The van der Waals surface area contributed by atoms with Crippen molar-refractivity contribution in [3.05, 3.63) is 29.8 Å². The Kier molecular flexibility index (Phi) is 5.57. The van der Waals surface area contributed by atoms with Crippen LogP contribution in [0.15, 0.2) is 24.3 Å². The van der Waals surface area contributed by atoms with Crippen LogP contribution in [0.25, 0.3) is 0 Å². The molecule has 1 aromatic carbocycles. The zero-order valence-corrected chi connectivity index (χ0v) is 13.1. The Hall–Kier alpha value is -1.55. The molecule has 112 valence electrons. The predicted octanol–water partition coefficient (Wildman–Crippen LogP) is 2.24. The fourth-order valence-corrected chi connectivity index (χ4v) is 2.17. The van der Waals surface area contributed by atoms with Gasteiger partial charge in [0.2, 0.25) is 5.91 Å². The van der Waals surface area contributed by atoms with E-state index in [1.54, 1.807) is 12.0 Å². The molecule has 0 aromatic heterocycles. The minimum Gasteiger partial charge on any atom is -0.497 e. The minimum atomic E-state index is -0.191. The molecule has 0 aliphatic rings. The first-order chi connectivity index (χ1) is 9.30. The van der Waals surface area contributed by atoms with Crippen molar-refractivity contribution in [2.24, 2.45) is 11.1 Å². The number of likely N-dealkylation sites (N-methyl/N-ethyl adjacent to an activating group) is 1. The summed E-state index contributed by atoms with van der Waals surface area (Å²) in [7, 11) is 3.46. The van der Waals surface area contributed by atoms with Crippen LogP contribution in [0.3, 0.4) is 0 Å². The number of amides is 1. The topological polar surface area (TPSA) is 55.6 Å². The molecule has 4 heteroatoms. The van der Waals surface area contributed by atoms with E-state index in [-0.39, 0.29) is 17.2 Å². The normalized spacial score (nSPS) is 12.9. The maximum Gasteiger partial charge on any atom is 0.229 e. The summed E-state index contributed by atoms with van der Waals surface area (Å²) in [5.74, 6) is 0.676. The van der Waals surface area contributed by atoms with Crippen molar-refractivity contribution >= 4 is 5.91 Å². The van der Waals surface area contributed by atoms with E-state index in [1.165, 1.54) is 0 Å². The minimum absolute atomic E-state index is 0.0709. The van der Waals surface area contributed by atoms with Crippen molar-refractivity contribution in [1.82, 2.24) is 4.90 Å².